The predicted octanol–water partition coefficient (Wildman–Crippen LogP) is 3.53. The molecule has 0 aliphatic rings. The van der Waals surface area contributed by atoms with Crippen LogP contribution >= 0.6 is 22.9 Å². The highest BCUT2D eigenvalue weighted by molar-refractivity contribution is 7.15. The van der Waals surface area contributed by atoms with Crippen molar-refractivity contribution in [3.63, 3.8) is 0 Å². The van der Waals surface area contributed by atoms with Crippen molar-refractivity contribution in [2.75, 3.05) is 11.1 Å². The quantitative estimate of drug-likeness (QED) is 0.822. The van der Waals surface area contributed by atoms with E-state index in [4.69, 9.17) is 5.73 Å². The third-order valence-electron chi connectivity index (χ3n) is 2.45. The fourth-order valence-corrected chi connectivity index (χ4v) is 3.36. The maximum atomic E-state index is 5.94. The van der Waals surface area contributed by atoms with Gasteiger partial charge < -0.3 is 11.1 Å². The number of aromatic nitrogens is 2. The summed E-state index contributed by atoms with van der Waals surface area (Å²) in [6.45, 7) is 7.83. The normalized spacial score (nSPS) is 12.3. The first-order valence-corrected chi connectivity index (χ1v) is 7.32. The molecule has 2 rings (SSSR count). The summed E-state index contributed by atoms with van der Waals surface area (Å²) in [6, 6.07) is 0.308. The van der Waals surface area contributed by atoms with Crippen molar-refractivity contribution in [3.05, 3.63) is 23.7 Å². The molecule has 6 heteroatoms. The number of aryl methyl sites for hydroxylation is 1. The number of hydrogen-bond acceptors (Lipinski definition) is 6. The van der Waals surface area contributed by atoms with Crippen LogP contribution < -0.4 is 11.1 Å². The van der Waals surface area contributed by atoms with Crippen LogP contribution in [-0.4, -0.2) is 15.4 Å². The molecule has 2 aromatic rings. The second-order valence-corrected chi connectivity index (χ2v) is 5.77. The minimum Gasteiger partial charge on any atom is -0.382 e. The molecule has 0 aromatic carbocycles. The van der Waals surface area contributed by atoms with Crippen LogP contribution in [0, 0.1) is 6.92 Å². The fraction of sp³-hybridized carbons (Fsp3) is 0.333. The molecule has 0 bridgehead atoms. The number of thiazole rings is 1. The van der Waals surface area contributed by atoms with Crippen LogP contribution in [-0.2, 0) is 0 Å². The van der Waals surface area contributed by atoms with E-state index in [0.29, 0.717) is 11.9 Å². The molecule has 0 amide bonds. The minimum absolute atomic E-state index is 0.308. The lowest BCUT2D eigenvalue weighted by Gasteiger charge is -2.11. The van der Waals surface area contributed by atoms with Crippen molar-refractivity contribution in [1.82, 2.24) is 9.36 Å². The van der Waals surface area contributed by atoms with E-state index in [1.807, 2.05) is 18.4 Å². The highest BCUT2D eigenvalue weighted by Gasteiger charge is 2.17. The molecule has 0 aliphatic heterocycles. The topological polar surface area (TPSA) is 63.8 Å². The number of nitrogens with zero attached hydrogens (tertiary/aromatic N) is 2. The summed E-state index contributed by atoms with van der Waals surface area (Å²) in [4.78, 5) is 4.47. The average Bonchev–Trinajstić information content (AvgIpc) is 2.86. The number of nitrogen functional groups attached to an aromatic ring is 1. The maximum Gasteiger partial charge on any atom is 0.149 e. The van der Waals surface area contributed by atoms with Gasteiger partial charge in [0.05, 0.1) is 5.56 Å². The maximum absolute atomic E-state index is 5.94. The fourth-order valence-electron chi connectivity index (χ4n) is 1.61. The smallest absolute Gasteiger partial charge is 0.149 e. The third kappa shape index (κ3) is 2.70. The molecule has 0 saturated carbocycles. The monoisotopic (exact) mass is 280 g/mol. The van der Waals surface area contributed by atoms with Crippen molar-refractivity contribution >= 4 is 33.7 Å². The molecule has 2 aromatic heterocycles. The summed E-state index contributed by atoms with van der Waals surface area (Å²) in [5.41, 5.74) is 7.87. The van der Waals surface area contributed by atoms with Crippen LogP contribution in [0.15, 0.2) is 18.0 Å². The van der Waals surface area contributed by atoms with Gasteiger partial charge in [0, 0.05) is 17.1 Å². The van der Waals surface area contributed by atoms with Gasteiger partial charge in [0.25, 0.3) is 0 Å². The first-order valence-electron chi connectivity index (χ1n) is 5.67. The van der Waals surface area contributed by atoms with E-state index in [9.17, 15) is 0 Å². The summed E-state index contributed by atoms with van der Waals surface area (Å²) in [5.74, 6) is 0.544. The van der Waals surface area contributed by atoms with Gasteiger partial charge in [-0.1, -0.05) is 6.08 Å². The second kappa shape index (κ2) is 5.49. The van der Waals surface area contributed by atoms with Crippen LogP contribution in [0.1, 0.15) is 19.0 Å². The van der Waals surface area contributed by atoms with Gasteiger partial charge in [-0.3, -0.25) is 0 Å². The van der Waals surface area contributed by atoms with E-state index < -0.39 is 0 Å². The Hall–Kier alpha value is -1.40. The summed E-state index contributed by atoms with van der Waals surface area (Å²) in [6.07, 6.45) is 2.80. The molecule has 1 unspecified atom stereocenters. The Morgan fingerprint density at radius 2 is 2.39 bits per heavy atom. The highest BCUT2D eigenvalue weighted by atomic mass is 32.1. The van der Waals surface area contributed by atoms with E-state index >= 15 is 0 Å². The molecule has 0 radical (unpaired) electrons. The predicted molar refractivity (Wildman–Crippen MR) is 80.3 cm³/mol. The Balaban J connectivity index is 2.30. The van der Waals surface area contributed by atoms with Gasteiger partial charge in [0.15, 0.2) is 0 Å². The molecule has 0 saturated heterocycles. The van der Waals surface area contributed by atoms with Gasteiger partial charge in [0.1, 0.15) is 15.8 Å². The van der Waals surface area contributed by atoms with Gasteiger partial charge in [-0.15, -0.1) is 17.9 Å². The number of hydrogen-bond donors (Lipinski definition) is 2. The Bertz CT molecular complexity index is 544. The van der Waals surface area contributed by atoms with Crippen molar-refractivity contribution < 1.29 is 0 Å². The van der Waals surface area contributed by atoms with E-state index in [1.165, 1.54) is 11.5 Å². The summed E-state index contributed by atoms with van der Waals surface area (Å²) in [7, 11) is 0. The zero-order valence-corrected chi connectivity index (χ0v) is 12.1. The summed E-state index contributed by atoms with van der Waals surface area (Å²) in [5, 5.41) is 7.33. The van der Waals surface area contributed by atoms with Crippen LogP contribution in [0.3, 0.4) is 0 Å². The van der Waals surface area contributed by atoms with Crippen molar-refractivity contribution in [2.45, 2.75) is 26.3 Å². The van der Waals surface area contributed by atoms with Gasteiger partial charge in [-0.05, 0) is 31.8 Å². The number of nitrogens with two attached hydrogens (primary N) is 1. The molecule has 18 heavy (non-hydrogen) atoms. The Morgan fingerprint density at radius 3 is 3.00 bits per heavy atom. The van der Waals surface area contributed by atoms with Crippen LogP contribution in [0.25, 0.3) is 10.6 Å². The molecule has 4 nitrogen and oxygen atoms in total. The van der Waals surface area contributed by atoms with Crippen molar-refractivity contribution in [3.8, 4) is 10.6 Å². The third-order valence-corrected chi connectivity index (χ3v) is 4.22. The highest BCUT2D eigenvalue weighted by Crippen LogP contribution is 2.38. The number of nitrogens with one attached hydrogen (secondary N) is 1. The van der Waals surface area contributed by atoms with Crippen LogP contribution in [0.5, 0.6) is 0 Å². The van der Waals surface area contributed by atoms with Crippen LogP contribution in [0.2, 0.25) is 0 Å². The molecular formula is C12H16N4S2. The first kappa shape index (κ1) is 13.0. The van der Waals surface area contributed by atoms with E-state index in [0.717, 1.165) is 27.7 Å². The zero-order chi connectivity index (χ0) is 13.1. The van der Waals surface area contributed by atoms with E-state index in [1.54, 1.807) is 11.3 Å². The molecule has 0 aliphatic carbocycles. The standard InChI is InChI=1S/C12H16N4S2/c1-4-5-7(2)14-12-9(10(13)16-18-12)11-15-8(3)6-17-11/h4,6-7,14H,1,5H2,2-3H3,(H2,13,16). The number of rotatable bonds is 5. The molecule has 0 spiro atoms. The lowest BCUT2D eigenvalue weighted by Crippen LogP contribution is -2.13. The lowest BCUT2D eigenvalue weighted by atomic mass is 10.2. The first-order chi connectivity index (χ1) is 8.61. The molecular weight excluding hydrogens is 264 g/mol. The Labute approximate surface area is 115 Å². The Kier molecular flexibility index (Phi) is 3.98. The number of anilines is 2. The molecule has 0 fully saturated rings. The lowest BCUT2D eigenvalue weighted by molar-refractivity contribution is 0.818. The minimum atomic E-state index is 0.308. The molecule has 3 N–H and O–H groups in total. The van der Waals surface area contributed by atoms with Crippen molar-refractivity contribution in [2.24, 2.45) is 0 Å². The summed E-state index contributed by atoms with van der Waals surface area (Å²) >= 11 is 2.97. The van der Waals surface area contributed by atoms with Gasteiger partial charge >= 0.3 is 0 Å². The SMILES string of the molecule is C=CCC(C)Nc1snc(N)c1-c1nc(C)cs1. The van der Waals surface area contributed by atoms with Gasteiger partial charge in [0.2, 0.25) is 0 Å². The van der Waals surface area contributed by atoms with E-state index in [2.05, 4.69) is 28.2 Å². The Morgan fingerprint density at radius 1 is 1.61 bits per heavy atom. The molecule has 96 valence electrons. The van der Waals surface area contributed by atoms with Gasteiger partial charge in [-0.2, -0.15) is 4.37 Å². The van der Waals surface area contributed by atoms with Crippen LogP contribution in [0.4, 0.5) is 10.8 Å². The van der Waals surface area contributed by atoms with Gasteiger partial charge in [-0.25, -0.2) is 4.98 Å². The summed E-state index contributed by atoms with van der Waals surface area (Å²) < 4.78 is 4.21. The molecule has 1 atom stereocenters. The largest absolute Gasteiger partial charge is 0.382 e. The zero-order valence-electron chi connectivity index (χ0n) is 10.4. The van der Waals surface area contributed by atoms with Crippen molar-refractivity contribution in [1.29, 1.82) is 0 Å². The molecule has 2 heterocycles. The van der Waals surface area contributed by atoms with E-state index in [-0.39, 0.29) is 0 Å². The second-order valence-electron chi connectivity index (χ2n) is 4.14. The average molecular weight is 280 g/mol.